The first-order valence-corrected chi connectivity index (χ1v) is 5.73. The fourth-order valence-corrected chi connectivity index (χ4v) is 1.75. The maximum atomic E-state index is 9.00. The summed E-state index contributed by atoms with van der Waals surface area (Å²) in [7, 11) is 0. The van der Waals surface area contributed by atoms with E-state index in [2.05, 4.69) is 11.1 Å². The van der Waals surface area contributed by atoms with E-state index in [1.807, 2.05) is 32.9 Å². The molecule has 0 unspecified atom stereocenters. The van der Waals surface area contributed by atoms with Crippen molar-refractivity contribution in [1.29, 1.82) is 5.26 Å². The summed E-state index contributed by atoms with van der Waals surface area (Å²) >= 11 is 0. The number of hydrogen-bond donors (Lipinski definition) is 0. The van der Waals surface area contributed by atoms with Crippen LogP contribution in [0.25, 0.3) is 0 Å². The van der Waals surface area contributed by atoms with E-state index in [0.717, 1.165) is 22.4 Å². The first kappa shape index (κ1) is 12.1. The molecule has 0 saturated heterocycles. The molecule has 1 aromatic heterocycles. The van der Waals surface area contributed by atoms with Crippen molar-refractivity contribution in [2.75, 3.05) is 0 Å². The molecular formula is C15H14N2O. The van der Waals surface area contributed by atoms with E-state index in [0.29, 0.717) is 11.4 Å². The second-order valence-electron chi connectivity index (χ2n) is 4.22. The molecule has 0 fully saturated rings. The van der Waals surface area contributed by atoms with E-state index in [9.17, 15) is 0 Å². The fraction of sp³-hybridized carbons (Fsp3) is 0.200. The summed E-state index contributed by atoms with van der Waals surface area (Å²) in [6.07, 6.45) is 1.58. The topological polar surface area (TPSA) is 45.9 Å². The van der Waals surface area contributed by atoms with Crippen molar-refractivity contribution < 1.29 is 4.74 Å². The SMILES string of the molecule is Cc1ccc(C)c(Oc2cccnc2C#N)c1C. The van der Waals surface area contributed by atoms with Crippen LogP contribution in [-0.2, 0) is 0 Å². The van der Waals surface area contributed by atoms with Gasteiger partial charge in [-0.3, -0.25) is 0 Å². The number of nitrogens with zero attached hydrogens (tertiary/aromatic N) is 2. The monoisotopic (exact) mass is 238 g/mol. The highest BCUT2D eigenvalue weighted by molar-refractivity contribution is 5.48. The van der Waals surface area contributed by atoms with Gasteiger partial charge in [0.15, 0.2) is 11.4 Å². The lowest BCUT2D eigenvalue weighted by molar-refractivity contribution is 0.470. The summed E-state index contributed by atoms with van der Waals surface area (Å²) in [5, 5.41) is 9.00. The summed E-state index contributed by atoms with van der Waals surface area (Å²) < 4.78 is 5.86. The smallest absolute Gasteiger partial charge is 0.183 e. The van der Waals surface area contributed by atoms with Crippen LogP contribution in [0.4, 0.5) is 0 Å². The lowest BCUT2D eigenvalue weighted by Crippen LogP contribution is -1.96. The van der Waals surface area contributed by atoms with Crippen LogP contribution in [0.2, 0.25) is 0 Å². The Hall–Kier alpha value is -2.34. The predicted molar refractivity (Wildman–Crippen MR) is 69.7 cm³/mol. The molecule has 3 heteroatoms. The zero-order valence-electron chi connectivity index (χ0n) is 10.7. The number of ether oxygens (including phenoxy) is 1. The largest absolute Gasteiger partial charge is 0.454 e. The number of benzene rings is 1. The summed E-state index contributed by atoms with van der Waals surface area (Å²) in [5.74, 6) is 1.30. The van der Waals surface area contributed by atoms with E-state index >= 15 is 0 Å². The molecule has 0 spiro atoms. The van der Waals surface area contributed by atoms with Gasteiger partial charge in [0.2, 0.25) is 0 Å². The molecule has 0 bridgehead atoms. The lowest BCUT2D eigenvalue weighted by atomic mass is 10.1. The average molecular weight is 238 g/mol. The number of nitriles is 1. The molecule has 0 radical (unpaired) electrons. The van der Waals surface area contributed by atoms with E-state index in [1.54, 1.807) is 18.3 Å². The first-order chi connectivity index (χ1) is 8.63. The molecule has 1 aromatic carbocycles. The molecular weight excluding hydrogens is 224 g/mol. The van der Waals surface area contributed by atoms with Crippen molar-refractivity contribution in [2.24, 2.45) is 0 Å². The minimum atomic E-state index is 0.304. The maximum absolute atomic E-state index is 9.00. The number of pyridine rings is 1. The van der Waals surface area contributed by atoms with Gasteiger partial charge in [0.05, 0.1) is 0 Å². The first-order valence-electron chi connectivity index (χ1n) is 5.73. The molecule has 0 amide bonds. The van der Waals surface area contributed by atoms with Crippen LogP contribution >= 0.6 is 0 Å². The van der Waals surface area contributed by atoms with Gasteiger partial charge in [-0.1, -0.05) is 12.1 Å². The van der Waals surface area contributed by atoms with Gasteiger partial charge in [-0.05, 0) is 49.6 Å². The highest BCUT2D eigenvalue weighted by Crippen LogP contribution is 2.31. The summed E-state index contributed by atoms with van der Waals surface area (Å²) in [5.41, 5.74) is 3.60. The molecule has 0 N–H and O–H groups in total. The van der Waals surface area contributed by atoms with E-state index < -0.39 is 0 Å². The van der Waals surface area contributed by atoms with Gasteiger partial charge in [0.25, 0.3) is 0 Å². The number of aromatic nitrogens is 1. The summed E-state index contributed by atoms with van der Waals surface area (Å²) in [6.45, 7) is 6.04. The van der Waals surface area contributed by atoms with Crippen LogP contribution in [0.3, 0.4) is 0 Å². The Morgan fingerprint density at radius 2 is 1.83 bits per heavy atom. The van der Waals surface area contributed by atoms with Gasteiger partial charge in [-0.25, -0.2) is 4.98 Å². The molecule has 0 atom stereocenters. The van der Waals surface area contributed by atoms with Crippen LogP contribution < -0.4 is 4.74 Å². The van der Waals surface area contributed by atoms with Crippen LogP contribution in [0, 0.1) is 32.1 Å². The van der Waals surface area contributed by atoms with Gasteiger partial charge in [0.1, 0.15) is 11.8 Å². The van der Waals surface area contributed by atoms with Gasteiger partial charge in [0, 0.05) is 6.20 Å². The van der Waals surface area contributed by atoms with Crippen LogP contribution in [0.15, 0.2) is 30.5 Å². The van der Waals surface area contributed by atoms with E-state index in [4.69, 9.17) is 10.00 Å². The Bertz CT molecular complexity index is 627. The lowest BCUT2D eigenvalue weighted by Gasteiger charge is -2.13. The standard InChI is InChI=1S/C15H14N2O/c1-10-6-7-11(2)15(12(10)3)18-14-5-4-8-17-13(14)9-16/h4-8H,1-3H3. The molecule has 0 aliphatic rings. The molecule has 0 saturated carbocycles. The predicted octanol–water partition coefficient (Wildman–Crippen LogP) is 3.67. The van der Waals surface area contributed by atoms with Crippen LogP contribution in [-0.4, -0.2) is 4.98 Å². The molecule has 2 rings (SSSR count). The fourth-order valence-electron chi connectivity index (χ4n) is 1.75. The molecule has 2 aromatic rings. The highest BCUT2D eigenvalue weighted by atomic mass is 16.5. The Labute approximate surface area is 107 Å². The second kappa shape index (κ2) is 4.89. The van der Waals surface area contributed by atoms with Crippen LogP contribution in [0.5, 0.6) is 11.5 Å². The second-order valence-corrected chi connectivity index (χ2v) is 4.22. The summed E-state index contributed by atoms with van der Waals surface area (Å²) in [6, 6.07) is 9.63. The third kappa shape index (κ3) is 2.18. The third-order valence-electron chi connectivity index (χ3n) is 2.96. The Morgan fingerprint density at radius 1 is 1.11 bits per heavy atom. The average Bonchev–Trinajstić information content (AvgIpc) is 2.39. The number of rotatable bonds is 2. The maximum Gasteiger partial charge on any atom is 0.183 e. The molecule has 3 nitrogen and oxygen atoms in total. The van der Waals surface area contributed by atoms with Crippen molar-refractivity contribution in [3.05, 3.63) is 52.8 Å². The Morgan fingerprint density at radius 3 is 2.56 bits per heavy atom. The summed E-state index contributed by atoms with van der Waals surface area (Å²) in [4.78, 5) is 3.99. The zero-order valence-corrected chi connectivity index (χ0v) is 10.7. The Kier molecular flexibility index (Phi) is 3.29. The van der Waals surface area contributed by atoms with E-state index in [1.165, 1.54) is 0 Å². The molecule has 0 aliphatic carbocycles. The minimum absolute atomic E-state index is 0.304. The number of aryl methyl sites for hydroxylation is 2. The molecule has 18 heavy (non-hydrogen) atoms. The molecule has 90 valence electrons. The van der Waals surface area contributed by atoms with Crippen molar-refractivity contribution in [3.8, 4) is 17.6 Å². The van der Waals surface area contributed by atoms with E-state index in [-0.39, 0.29) is 0 Å². The van der Waals surface area contributed by atoms with Crippen molar-refractivity contribution in [3.63, 3.8) is 0 Å². The van der Waals surface area contributed by atoms with Gasteiger partial charge in [-0.15, -0.1) is 0 Å². The minimum Gasteiger partial charge on any atom is -0.454 e. The number of hydrogen-bond acceptors (Lipinski definition) is 3. The van der Waals surface area contributed by atoms with Gasteiger partial charge >= 0.3 is 0 Å². The van der Waals surface area contributed by atoms with Crippen molar-refractivity contribution >= 4 is 0 Å². The van der Waals surface area contributed by atoms with Gasteiger partial charge in [-0.2, -0.15) is 5.26 Å². The quantitative estimate of drug-likeness (QED) is 0.801. The Balaban J connectivity index is 2.47. The normalized spacial score (nSPS) is 9.89. The van der Waals surface area contributed by atoms with Crippen molar-refractivity contribution in [1.82, 2.24) is 4.98 Å². The third-order valence-corrected chi connectivity index (χ3v) is 2.96. The van der Waals surface area contributed by atoms with Crippen LogP contribution in [0.1, 0.15) is 22.4 Å². The van der Waals surface area contributed by atoms with Crippen molar-refractivity contribution in [2.45, 2.75) is 20.8 Å². The molecule has 0 aliphatic heterocycles. The highest BCUT2D eigenvalue weighted by Gasteiger charge is 2.10. The van der Waals surface area contributed by atoms with Gasteiger partial charge < -0.3 is 4.74 Å². The zero-order chi connectivity index (χ0) is 13.1. The molecule has 1 heterocycles.